The minimum Gasteiger partial charge on any atom is -0.496 e. The minimum absolute atomic E-state index is 0.0738. The highest BCUT2D eigenvalue weighted by molar-refractivity contribution is 7.92. The van der Waals surface area contributed by atoms with Crippen molar-refractivity contribution in [3.63, 3.8) is 0 Å². The van der Waals surface area contributed by atoms with Crippen LogP contribution in [0.25, 0.3) is 0 Å². The van der Waals surface area contributed by atoms with Crippen LogP contribution < -0.4 is 20.1 Å². The average molecular weight is 661 g/mol. The van der Waals surface area contributed by atoms with Crippen LogP contribution in [0.2, 0.25) is 0 Å². The number of anilines is 1. The molecule has 16 heteroatoms. The number of carboxylic acids is 1. The molecule has 0 bridgehead atoms. The fourth-order valence-electron chi connectivity index (χ4n) is 5.52. The molecule has 0 heterocycles. The van der Waals surface area contributed by atoms with E-state index in [0.29, 0.717) is 31.7 Å². The van der Waals surface area contributed by atoms with Gasteiger partial charge in [0.15, 0.2) is 11.6 Å². The number of ether oxygens (including phenoxy) is 2. The summed E-state index contributed by atoms with van der Waals surface area (Å²) < 4.78 is 88.4. The molecule has 0 unspecified atom stereocenters. The molecular formula is C29H32F4N2O9S. The van der Waals surface area contributed by atoms with Gasteiger partial charge in [-0.15, -0.1) is 0 Å². The van der Waals surface area contributed by atoms with E-state index in [0.717, 1.165) is 24.3 Å². The summed E-state index contributed by atoms with van der Waals surface area (Å²) in [5, 5.41) is 24.9. The lowest BCUT2D eigenvalue weighted by Crippen LogP contribution is -2.47. The van der Waals surface area contributed by atoms with Gasteiger partial charge in [0.2, 0.25) is 5.91 Å². The van der Waals surface area contributed by atoms with Crippen LogP contribution in [0.5, 0.6) is 11.5 Å². The number of hydrogen-bond donors (Lipinski definition) is 4. The highest BCUT2D eigenvalue weighted by Crippen LogP contribution is 2.39. The number of nitrogens with one attached hydrogen (secondary N) is 2. The Labute approximate surface area is 255 Å². The number of methoxy groups -OCH3 is 1. The molecule has 246 valence electrons. The summed E-state index contributed by atoms with van der Waals surface area (Å²) in [6.45, 7) is 1.63. The van der Waals surface area contributed by atoms with Crippen LogP contribution in [-0.4, -0.2) is 67.3 Å². The molecule has 0 radical (unpaired) electrons. The number of halogens is 4. The molecule has 0 spiro atoms. The number of benzene rings is 2. The topological polar surface area (TPSA) is 168 Å². The molecule has 0 aromatic heterocycles. The smallest absolute Gasteiger partial charge is 0.496 e. The molecule has 4 rings (SSSR count). The summed E-state index contributed by atoms with van der Waals surface area (Å²) in [6, 6.07) is 4.46. The second-order valence-electron chi connectivity index (χ2n) is 11.4. The number of carboxylic acid groups (broad SMARTS) is 1. The molecule has 2 aromatic carbocycles. The summed E-state index contributed by atoms with van der Waals surface area (Å²) in [5.74, 6) is -4.92. The Hall–Kier alpha value is -3.92. The van der Waals surface area contributed by atoms with Gasteiger partial charge in [0.1, 0.15) is 5.75 Å². The first-order valence-electron chi connectivity index (χ1n) is 14.0. The van der Waals surface area contributed by atoms with E-state index in [4.69, 9.17) is 9.47 Å². The standard InChI is InChI=1S/C29H32F4N2O9S/c1-28(27(39)40)10-8-16(9-11-28)44-23-13-19(22(43-2)14-20(23)30)26(38)35-24-18(6-7-21(24)36)25(37)34-15-4-3-5-17(12-15)45(41,42)29(31,32)33/h3-5,12-14,16,18,21,24,36H,6-11H2,1-2H3,(H,34,37)(H,35,38)(H,39,40)/t16?,18-,21+,24-,28?/m0/s1. The lowest BCUT2D eigenvalue weighted by molar-refractivity contribution is -0.150. The van der Waals surface area contributed by atoms with E-state index >= 15 is 0 Å². The number of amides is 2. The van der Waals surface area contributed by atoms with Gasteiger partial charge in [0.25, 0.3) is 15.7 Å². The first-order chi connectivity index (χ1) is 21.0. The van der Waals surface area contributed by atoms with Gasteiger partial charge in [-0.25, -0.2) is 12.8 Å². The second-order valence-corrected chi connectivity index (χ2v) is 13.3. The first kappa shape index (κ1) is 34.0. The minimum atomic E-state index is -5.67. The number of carbonyl (C=O) groups is 3. The van der Waals surface area contributed by atoms with Crippen molar-refractivity contribution in [1.82, 2.24) is 5.32 Å². The van der Waals surface area contributed by atoms with Crippen molar-refractivity contribution in [2.24, 2.45) is 11.3 Å². The lowest BCUT2D eigenvalue weighted by atomic mass is 9.75. The third-order valence-electron chi connectivity index (χ3n) is 8.32. The average Bonchev–Trinajstić information content (AvgIpc) is 3.34. The van der Waals surface area contributed by atoms with E-state index < -0.39 is 73.4 Å². The van der Waals surface area contributed by atoms with Gasteiger partial charge in [0.05, 0.1) is 47.2 Å². The number of rotatable bonds is 9. The van der Waals surface area contributed by atoms with Crippen LogP contribution in [0, 0.1) is 17.2 Å². The largest absolute Gasteiger partial charge is 0.501 e. The van der Waals surface area contributed by atoms with Gasteiger partial charge < -0.3 is 30.3 Å². The molecule has 2 aromatic rings. The quantitative estimate of drug-likeness (QED) is 0.290. The van der Waals surface area contributed by atoms with Gasteiger partial charge >= 0.3 is 11.5 Å². The number of aliphatic hydroxyl groups is 1. The van der Waals surface area contributed by atoms with Crippen molar-refractivity contribution in [1.29, 1.82) is 0 Å². The zero-order valence-electron chi connectivity index (χ0n) is 24.2. The monoisotopic (exact) mass is 660 g/mol. The zero-order valence-corrected chi connectivity index (χ0v) is 25.0. The third kappa shape index (κ3) is 7.16. The van der Waals surface area contributed by atoms with Crippen molar-refractivity contribution in [2.75, 3.05) is 12.4 Å². The van der Waals surface area contributed by atoms with Crippen molar-refractivity contribution in [3.05, 3.63) is 47.8 Å². The molecule has 2 aliphatic carbocycles. The van der Waals surface area contributed by atoms with Crippen molar-refractivity contribution in [2.45, 2.75) is 74.1 Å². The maximum absolute atomic E-state index is 14.9. The molecule has 0 aliphatic heterocycles. The van der Waals surface area contributed by atoms with Crippen LogP contribution in [0.1, 0.15) is 55.8 Å². The molecule has 11 nitrogen and oxygen atoms in total. The summed E-state index contributed by atoms with van der Waals surface area (Å²) in [5.41, 5.74) is -6.89. The number of aliphatic carboxylic acids is 1. The van der Waals surface area contributed by atoms with Gasteiger partial charge in [-0.2, -0.15) is 13.2 Å². The number of aliphatic hydroxyl groups excluding tert-OH is 1. The number of hydrogen-bond acceptors (Lipinski definition) is 8. The molecule has 2 saturated carbocycles. The summed E-state index contributed by atoms with van der Waals surface area (Å²) in [6.07, 6.45) is -0.257. The van der Waals surface area contributed by atoms with Gasteiger partial charge in [-0.1, -0.05) is 6.07 Å². The maximum atomic E-state index is 14.9. The van der Waals surface area contributed by atoms with Crippen molar-refractivity contribution < 1.29 is 60.0 Å². The van der Waals surface area contributed by atoms with Crippen molar-refractivity contribution >= 4 is 33.3 Å². The van der Waals surface area contributed by atoms with E-state index in [1.807, 2.05) is 0 Å². The highest BCUT2D eigenvalue weighted by Gasteiger charge is 2.47. The molecule has 4 N–H and O–H groups in total. The first-order valence-corrected chi connectivity index (χ1v) is 15.4. The predicted molar refractivity (Wildman–Crippen MR) is 150 cm³/mol. The van der Waals surface area contributed by atoms with Gasteiger partial charge in [0, 0.05) is 11.8 Å². The van der Waals surface area contributed by atoms with E-state index in [-0.39, 0.29) is 35.6 Å². The Bertz CT molecular complexity index is 1570. The van der Waals surface area contributed by atoms with E-state index in [2.05, 4.69) is 10.6 Å². The number of alkyl halides is 3. The van der Waals surface area contributed by atoms with Crippen LogP contribution in [0.15, 0.2) is 41.3 Å². The van der Waals surface area contributed by atoms with E-state index in [1.54, 1.807) is 6.92 Å². The van der Waals surface area contributed by atoms with Crippen LogP contribution in [0.3, 0.4) is 0 Å². The van der Waals surface area contributed by atoms with E-state index in [1.165, 1.54) is 13.2 Å². The second kappa shape index (κ2) is 12.8. The van der Waals surface area contributed by atoms with Crippen LogP contribution in [0.4, 0.5) is 23.2 Å². The zero-order chi connectivity index (χ0) is 33.3. The Morgan fingerprint density at radius 2 is 1.69 bits per heavy atom. The van der Waals surface area contributed by atoms with Gasteiger partial charge in [-0.05, 0) is 69.7 Å². The fourth-order valence-corrected chi connectivity index (χ4v) is 6.33. The Kier molecular flexibility index (Phi) is 9.68. The third-order valence-corrected chi connectivity index (χ3v) is 9.80. The molecular weight excluding hydrogens is 628 g/mol. The normalized spacial score (nSPS) is 25.3. The molecule has 45 heavy (non-hydrogen) atoms. The Balaban J connectivity index is 1.49. The Morgan fingerprint density at radius 1 is 1.02 bits per heavy atom. The maximum Gasteiger partial charge on any atom is 0.501 e. The predicted octanol–water partition coefficient (Wildman–Crippen LogP) is 4.05. The van der Waals surface area contributed by atoms with E-state index in [9.17, 15) is 50.6 Å². The molecule has 2 amide bonds. The molecule has 2 fully saturated rings. The Morgan fingerprint density at radius 3 is 2.29 bits per heavy atom. The molecule has 2 aliphatic rings. The number of carbonyl (C=O) groups excluding carboxylic acids is 2. The molecule has 0 saturated heterocycles. The molecule has 3 atom stereocenters. The lowest BCUT2D eigenvalue weighted by Gasteiger charge is -2.34. The number of sulfone groups is 1. The SMILES string of the molecule is COc1cc(F)c(OC2CCC(C)(C(=O)O)CC2)cc1C(=O)N[C@@H]1[C@H](O)CC[C@@H]1C(=O)Nc1cccc(S(=O)(=O)C(F)(F)F)c1. The van der Waals surface area contributed by atoms with Crippen LogP contribution >= 0.6 is 0 Å². The summed E-state index contributed by atoms with van der Waals surface area (Å²) in [7, 11) is -4.47. The highest BCUT2D eigenvalue weighted by atomic mass is 32.2. The summed E-state index contributed by atoms with van der Waals surface area (Å²) >= 11 is 0. The van der Waals surface area contributed by atoms with Gasteiger partial charge in [-0.3, -0.25) is 14.4 Å². The van der Waals surface area contributed by atoms with Crippen molar-refractivity contribution in [3.8, 4) is 11.5 Å². The van der Waals surface area contributed by atoms with Crippen LogP contribution in [-0.2, 0) is 19.4 Å². The summed E-state index contributed by atoms with van der Waals surface area (Å²) in [4.78, 5) is 36.9. The fraction of sp³-hybridized carbons (Fsp3) is 0.483.